The van der Waals surface area contributed by atoms with Crippen molar-refractivity contribution >= 4 is 11.9 Å². The van der Waals surface area contributed by atoms with Gasteiger partial charge in [-0.15, -0.1) is 0 Å². The second kappa shape index (κ2) is 11.1. The quantitative estimate of drug-likeness (QED) is 0.246. The summed E-state index contributed by atoms with van der Waals surface area (Å²) in [4.78, 5) is 23.0. The average Bonchev–Trinajstić information content (AvgIpc) is 2.77. The van der Waals surface area contributed by atoms with Crippen LogP contribution in [0, 0.1) is 29.1 Å². The Labute approximate surface area is 202 Å². The number of esters is 2. The molecule has 4 bridgehead atoms. The van der Waals surface area contributed by atoms with Gasteiger partial charge in [-0.05, 0) is 80.2 Å². The summed E-state index contributed by atoms with van der Waals surface area (Å²) < 4.78 is 28.4. The Morgan fingerprint density at radius 3 is 2.26 bits per heavy atom. The third-order valence-corrected chi connectivity index (χ3v) is 7.71. The van der Waals surface area contributed by atoms with E-state index in [1.807, 2.05) is 30.3 Å². The third-order valence-electron chi connectivity index (χ3n) is 7.71. The van der Waals surface area contributed by atoms with Gasteiger partial charge in [-0.3, -0.25) is 9.59 Å². The number of hydrogen-bond acceptors (Lipinski definition) is 7. The highest BCUT2D eigenvalue weighted by Gasteiger charge is 2.55. The lowest BCUT2D eigenvalue weighted by atomic mass is 9.46. The number of carbonyl (C=O) groups is 2. The van der Waals surface area contributed by atoms with Crippen LogP contribution in [0.2, 0.25) is 0 Å². The molecular weight excluding hydrogens is 436 g/mol. The number of hydrogen-bond donors (Lipinski definition) is 0. The predicted molar refractivity (Wildman–Crippen MR) is 125 cm³/mol. The fourth-order valence-electron chi connectivity index (χ4n) is 6.83. The fourth-order valence-corrected chi connectivity index (χ4v) is 6.83. The molecule has 188 valence electrons. The van der Waals surface area contributed by atoms with Crippen LogP contribution in [0.3, 0.4) is 0 Å². The van der Waals surface area contributed by atoms with Crippen molar-refractivity contribution in [1.29, 1.82) is 0 Å². The van der Waals surface area contributed by atoms with E-state index in [9.17, 15) is 9.59 Å². The molecule has 0 N–H and O–H groups in total. The normalized spacial score (nSPS) is 31.0. The first kappa shape index (κ1) is 25.0. The zero-order valence-corrected chi connectivity index (χ0v) is 20.6. The highest BCUT2D eigenvalue weighted by molar-refractivity contribution is 5.66. The van der Waals surface area contributed by atoms with Crippen LogP contribution in [0.5, 0.6) is 5.75 Å². The molecule has 5 rings (SSSR count). The SMILES string of the molecule is CC(=O)OC(C)OCC12CC3CC(C1)C(CC(OCCOc1ccccc1)OC(C)=O)C(C3)C2. The van der Waals surface area contributed by atoms with Gasteiger partial charge in [-0.2, -0.15) is 0 Å². The van der Waals surface area contributed by atoms with Crippen LogP contribution in [0.1, 0.15) is 59.3 Å². The second-order valence-electron chi connectivity index (χ2n) is 10.4. The number of rotatable bonds is 12. The Morgan fingerprint density at radius 2 is 1.62 bits per heavy atom. The summed E-state index contributed by atoms with van der Waals surface area (Å²) in [6.45, 7) is 6.03. The van der Waals surface area contributed by atoms with Gasteiger partial charge in [0.15, 0.2) is 6.29 Å². The Morgan fingerprint density at radius 1 is 0.941 bits per heavy atom. The Hall–Kier alpha value is -2.12. The summed E-state index contributed by atoms with van der Waals surface area (Å²) in [6, 6.07) is 9.62. The molecule has 7 nitrogen and oxygen atoms in total. The Balaban J connectivity index is 1.30. The largest absolute Gasteiger partial charge is 0.491 e. The summed E-state index contributed by atoms with van der Waals surface area (Å²) >= 11 is 0. The second-order valence-corrected chi connectivity index (χ2v) is 10.4. The van der Waals surface area contributed by atoms with Crippen LogP contribution >= 0.6 is 0 Å². The molecule has 4 aliphatic carbocycles. The standard InChI is InChI=1S/C27H38O7/c1-18(28)33-20(3)32-17-27-14-21-11-22(15-27)25(23(12-21)16-27)13-26(34-19(2)29)31-10-9-30-24-7-5-4-6-8-24/h4-8,20-23,25-26H,9-17H2,1-3H3. The Bertz CT molecular complexity index is 810. The molecule has 4 aliphatic rings. The molecule has 0 radical (unpaired) electrons. The number of para-hydroxylation sites is 1. The van der Waals surface area contributed by atoms with Crippen molar-refractivity contribution in [3.63, 3.8) is 0 Å². The van der Waals surface area contributed by atoms with E-state index in [2.05, 4.69) is 0 Å². The van der Waals surface area contributed by atoms with Crippen LogP contribution < -0.4 is 4.74 Å². The van der Waals surface area contributed by atoms with Gasteiger partial charge in [0, 0.05) is 20.3 Å². The van der Waals surface area contributed by atoms with Crippen LogP contribution in [-0.4, -0.2) is 44.3 Å². The minimum absolute atomic E-state index is 0.169. The summed E-state index contributed by atoms with van der Waals surface area (Å²) in [5, 5.41) is 0. The predicted octanol–water partition coefficient (Wildman–Crippen LogP) is 4.73. The van der Waals surface area contributed by atoms with Crippen molar-refractivity contribution in [2.24, 2.45) is 29.1 Å². The summed E-state index contributed by atoms with van der Waals surface area (Å²) in [7, 11) is 0. The first-order valence-corrected chi connectivity index (χ1v) is 12.6. The van der Waals surface area contributed by atoms with Crippen LogP contribution in [0.4, 0.5) is 0 Å². The molecule has 0 amide bonds. The van der Waals surface area contributed by atoms with Crippen molar-refractivity contribution in [2.45, 2.75) is 71.9 Å². The van der Waals surface area contributed by atoms with Crippen molar-refractivity contribution in [3.05, 3.63) is 30.3 Å². The zero-order chi connectivity index (χ0) is 24.1. The van der Waals surface area contributed by atoms with Crippen LogP contribution in [0.15, 0.2) is 30.3 Å². The molecule has 0 aromatic heterocycles. The molecule has 4 fully saturated rings. The summed E-state index contributed by atoms with van der Waals surface area (Å²) in [5.41, 5.74) is 0.169. The van der Waals surface area contributed by atoms with Gasteiger partial charge in [0.05, 0.1) is 13.2 Å². The number of carbonyl (C=O) groups excluding carboxylic acids is 2. The van der Waals surface area contributed by atoms with E-state index >= 15 is 0 Å². The zero-order valence-electron chi connectivity index (χ0n) is 20.6. The molecule has 4 atom stereocenters. The molecule has 34 heavy (non-hydrogen) atoms. The van der Waals surface area contributed by atoms with Gasteiger partial charge >= 0.3 is 11.9 Å². The van der Waals surface area contributed by atoms with Crippen molar-refractivity contribution in [3.8, 4) is 5.75 Å². The maximum Gasteiger partial charge on any atom is 0.304 e. The monoisotopic (exact) mass is 474 g/mol. The molecule has 4 saturated carbocycles. The lowest BCUT2D eigenvalue weighted by Gasteiger charge is -2.60. The number of benzene rings is 1. The van der Waals surface area contributed by atoms with E-state index in [-0.39, 0.29) is 17.4 Å². The molecule has 0 spiro atoms. The summed E-state index contributed by atoms with van der Waals surface area (Å²) in [5.74, 6) is 2.54. The van der Waals surface area contributed by atoms with Gasteiger partial charge < -0.3 is 23.7 Å². The number of ether oxygens (including phenoxy) is 5. The molecule has 1 aromatic rings. The van der Waals surface area contributed by atoms with Crippen molar-refractivity contribution in [2.75, 3.05) is 19.8 Å². The van der Waals surface area contributed by atoms with E-state index in [1.165, 1.54) is 33.1 Å². The lowest BCUT2D eigenvalue weighted by molar-refractivity contribution is -0.205. The molecule has 4 unspecified atom stereocenters. The van der Waals surface area contributed by atoms with E-state index in [0.29, 0.717) is 37.6 Å². The van der Waals surface area contributed by atoms with E-state index in [1.54, 1.807) is 6.92 Å². The molecule has 1 aromatic carbocycles. The van der Waals surface area contributed by atoms with Gasteiger partial charge in [0.25, 0.3) is 0 Å². The molecule has 0 saturated heterocycles. The first-order valence-electron chi connectivity index (χ1n) is 12.6. The average molecular weight is 475 g/mol. The van der Waals surface area contributed by atoms with E-state index in [0.717, 1.165) is 30.9 Å². The first-order chi connectivity index (χ1) is 16.3. The highest BCUT2D eigenvalue weighted by Crippen LogP contribution is 2.63. The van der Waals surface area contributed by atoms with Crippen molar-refractivity contribution < 1.29 is 33.3 Å². The minimum atomic E-state index is -0.546. The minimum Gasteiger partial charge on any atom is -0.491 e. The molecule has 7 heteroatoms. The lowest BCUT2D eigenvalue weighted by Crippen LogP contribution is -2.53. The maximum atomic E-state index is 11.7. The highest BCUT2D eigenvalue weighted by atomic mass is 16.7. The van der Waals surface area contributed by atoms with Gasteiger partial charge in [0.1, 0.15) is 12.4 Å². The smallest absolute Gasteiger partial charge is 0.304 e. The molecule has 0 heterocycles. The molecule has 0 aliphatic heterocycles. The fraction of sp³-hybridized carbons (Fsp3) is 0.704. The van der Waals surface area contributed by atoms with E-state index in [4.69, 9.17) is 23.7 Å². The van der Waals surface area contributed by atoms with Crippen LogP contribution in [0.25, 0.3) is 0 Å². The van der Waals surface area contributed by atoms with Gasteiger partial charge in [0.2, 0.25) is 6.29 Å². The maximum absolute atomic E-state index is 11.7. The molecular formula is C27H38O7. The third kappa shape index (κ3) is 6.51. The van der Waals surface area contributed by atoms with E-state index < -0.39 is 12.6 Å². The van der Waals surface area contributed by atoms with Crippen molar-refractivity contribution in [1.82, 2.24) is 0 Å². The summed E-state index contributed by atoms with van der Waals surface area (Å²) in [6.07, 6.45) is 5.55. The van der Waals surface area contributed by atoms with Gasteiger partial charge in [-0.25, -0.2) is 0 Å². The van der Waals surface area contributed by atoms with Gasteiger partial charge in [-0.1, -0.05) is 18.2 Å². The Kier molecular flexibility index (Phi) is 8.14. The van der Waals surface area contributed by atoms with Crippen LogP contribution in [-0.2, 0) is 28.5 Å². The topological polar surface area (TPSA) is 80.3 Å².